The number of hydrogen-bond acceptors (Lipinski definition) is 7. The van der Waals surface area contributed by atoms with Gasteiger partial charge in [-0.1, -0.05) is 48.5 Å². The molecule has 4 aromatic rings. The predicted molar refractivity (Wildman–Crippen MR) is 117 cm³/mol. The smallest absolute Gasteiger partial charge is 0.308 e. The number of hydrogen-bond donors (Lipinski definition) is 0. The largest absolute Gasteiger partial charge is 0.456 e. The first kappa shape index (κ1) is 20.9. The van der Waals surface area contributed by atoms with Crippen molar-refractivity contribution in [3.63, 3.8) is 0 Å². The number of fused-ring (bicyclic) bond motifs is 1. The van der Waals surface area contributed by atoms with Crippen LogP contribution in [0.3, 0.4) is 0 Å². The van der Waals surface area contributed by atoms with E-state index in [1.54, 1.807) is 36.4 Å². The van der Waals surface area contributed by atoms with Crippen molar-refractivity contribution < 1.29 is 28.2 Å². The molecule has 0 bridgehead atoms. The van der Waals surface area contributed by atoms with Crippen molar-refractivity contribution in [3.05, 3.63) is 83.0 Å². The van der Waals surface area contributed by atoms with Crippen molar-refractivity contribution >= 4 is 22.9 Å². The van der Waals surface area contributed by atoms with Gasteiger partial charge in [0.25, 0.3) is 0 Å². The Kier molecular flexibility index (Phi) is 5.72. The van der Waals surface area contributed by atoms with Crippen molar-refractivity contribution in [1.82, 2.24) is 0 Å². The topological polar surface area (TPSA) is 92.0 Å². The van der Waals surface area contributed by atoms with Crippen LogP contribution in [0.2, 0.25) is 0 Å². The zero-order chi connectivity index (χ0) is 22.7. The summed E-state index contributed by atoms with van der Waals surface area (Å²) in [5, 5.41) is -0.0449. The van der Waals surface area contributed by atoms with Gasteiger partial charge in [-0.2, -0.15) is 0 Å². The Bertz CT molecular complexity index is 1360. The summed E-state index contributed by atoms with van der Waals surface area (Å²) in [4.78, 5) is 36.7. The van der Waals surface area contributed by atoms with Crippen LogP contribution in [0.1, 0.15) is 13.8 Å². The number of ether oxygens (including phenoxy) is 3. The molecule has 0 fully saturated rings. The lowest BCUT2D eigenvalue weighted by atomic mass is 10.1. The van der Waals surface area contributed by atoms with Gasteiger partial charge >= 0.3 is 11.9 Å². The molecule has 0 amide bonds. The molecule has 7 nitrogen and oxygen atoms in total. The van der Waals surface area contributed by atoms with Crippen LogP contribution >= 0.6 is 0 Å². The maximum atomic E-state index is 13.1. The van der Waals surface area contributed by atoms with Gasteiger partial charge in [0.2, 0.25) is 5.75 Å². The van der Waals surface area contributed by atoms with Gasteiger partial charge in [-0.25, -0.2) is 0 Å². The minimum atomic E-state index is -0.705. The number of benzene rings is 3. The summed E-state index contributed by atoms with van der Waals surface area (Å²) in [6, 6.07) is 20.5. The molecular formula is C25H18O7. The highest BCUT2D eigenvalue weighted by Gasteiger charge is 2.25. The van der Waals surface area contributed by atoms with E-state index < -0.39 is 17.4 Å². The summed E-state index contributed by atoms with van der Waals surface area (Å²) in [6.45, 7) is 2.36. The Morgan fingerprint density at radius 3 is 2.00 bits per heavy atom. The summed E-state index contributed by atoms with van der Waals surface area (Å²) >= 11 is 0. The third-order valence-electron chi connectivity index (χ3n) is 4.42. The molecule has 0 N–H and O–H groups in total. The SMILES string of the molecule is CC(=O)Oc1c(Oc2ccccc2)cc2oc(-c3ccccc3)cc(=O)c2c1OC(C)=O. The van der Waals surface area contributed by atoms with Crippen LogP contribution in [0.5, 0.6) is 23.0 Å². The molecule has 0 aliphatic carbocycles. The second kappa shape index (κ2) is 8.77. The van der Waals surface area contributed by atoms with Gasteiger partial charge in [-0.05, 0) is 12.1 Å². The number of carbonyl (C=O) groups is 2. The van der Waals surface area contributed by atoms with Gasteiger partial charge in [-0.15, -0.1) is 0 Å². The van der Waals surface area contributed by atoms with Gasteiger partial charge in [0.15, 0.2) is 16.9 Å². The fourth-order valence-corrected chi connectivity index (χ4v) is 3.16. The fraction of sp³-hybridized carbons (Fsp3) is 0.0800. The monoisotopic (exact) mass is 430 g/mol. The molecule has 0 saturated carbocycles. The Morgan fingerprint density at radius 2 is 1.38 bits per heavy atom. The molecule has 3 aromatic carbocycles. The van der Waals surface area contributed by atoms with E-state index in [1.165, 1.54) is 26.0 Å². The highest BCUT2D eigenvalue weighted by Crippen LogP contribution is 2.45. The Balaban J connectivity index is 2.01. The van der Waals surface area contributed by atoms with Crippen molar-refractivity contribution in [2.75, 3.05) is 0 Å². The Morgan fingerprint density at radius 1 is 0.781 bits per heavy atom. The van der Waals surface area contributed by atoms with Crippen LogP contribution in [0.15, 0.2) is 82.0 Å². The van der Waals surface area contributed by atoms with Crippen LogP contribution in [0.25, 0.3) is 22.3 Å². The van der Waals surface area contributed by atoms with Crippen LogP contribution in [0.4, 0.5) is 0 Å². The van der Waals surface area contributed by atoms with E-state index in [1.807, 2.05) is 24.3 Å². The Hall–Kier alpha value is -4.39. The first-order valence-electron chi connectivity index (χ1n) is 9.72. The maximum absolute atomic E-state index is 13.1. The molecule has 0 aliphatic heterocycles. The number of rotatable bonds is 5. The lowest BCUT2D eigenvalue weighted by Gasteiger charge is -2.16. The van der Waals surface area contributed by atoms with Gasteiger partial charge in [-0.3, -0.25) is 14.4 Å². The van der Waals surface area contributed by atoms with E-state index in [9.17, 15) is 14.4 Å². The quantitative estimate of drug-likeness (QED) is 0.321. The average molecular weight is 430 g/mol. The highest BCUT2D eigenvalue weighted by molar-refractivity contribution is 5.93. The average Bonchev–Trinajstić information content (AvgIpc) is 2.76. The molecule has 7 heteroatoms. The second-order valence-corrected chi connectivity index (χ2v) is 6.85. The van der Waals surface area contributed by atoms with Crippen molar-refractivity contribution in [3.8, 4) is 34.3 Å². The number of esters is 2. The summed E-state index contributed by atoms with van der Waals surface area (Å²) in [6.07, 6.45) is 0. The highest BCUT2D eigenvalue weighted by atomic mass is 16.6. The molecule has 0 spiro atoms. The van der Waals surface area contributed by atoms with E-state index >= 15 is 0 Å². The van der Waals surface area contributed by atoms with Crippen LogP contribution in [0, 0.1) is 0 Å². The molecule has 4 rings (SSSR count). The van der Waals surface area contributed by atoms with Crippen LogP contribution in [-0.4, -0.2) is 11.9 Å². The molecule has 1 aromatic heterocycles. The zero-order valence-corrected chi connectivity index (χ0v) is 17.3. The van der Waals surface area contributed by atoms with Crippen molar-refractivity contribution in [2.24, 2.45) is 0 Å². The molecule has 1 heterocycles. The normalized spacial score (nSPS) is 10.6. The minimum Gasteiger partial charge on any atom is -0.456 e. The van der Waals surface area contributed by atoms with E-state index in [-0.39, 0.29) is 28.2 Å². The van der Waals surface area contributed by atoms with Crippen molar-refractivity contribution in [1.29, 1.82) is 0 Å². The molecular weight excluding hydrogens is 412 g/mol. The standard InChI is InChI=1S/C25H18O7/c1-15(26)29-24-22(31-18-11-7-4-8-12-18)14-21-23(25(24)30-16(2)27)19(28)13-20(32-21)17-9-5-3-6-10-17/h3-14H,1-2H3. The number of carbonyl (C=O) groups excluding carboxylic acids is 2. The summed E-state index contributed by atoms with van der Waals surface area (Å²) < 4.78 is 22.5. The third kappa shape index (κ3) is 4.37. The lowest BCUT2D eigenvalue weighted by molar-refractivity contribution is -0.134. The van der Waals surface area contributed by atoms with Crippen LogP contribution in [-0.2, 0) is 9.59 Å². The molecule has 0 unspecified atom stereocenters. The lowest BCUT2D eigenvalue weighted by Crippen LogP contribution is -2.12. The third-order valence-corrected chi connectivity index (χ3v) is 4.42. The first-order valence-corrected chi connectivity index (χ1v) is 9.72. The van der Waals surface area contributed by atoms with Gasteiger partial charge in [0.1, 0.15) is 22.5 Å². The van der Waals surface area contributed by atoms with Crippen LogP contribution < -0.4 is 19.6 Å². The van der Waals surface area contributed by atoms with Crippen molar-refractivity contribution in [2.45, 2.75) is 13.8 Å². The summed E-state index contributed by atoms with van der Waals surface area (Å²) in [5.41, 5.74) is 0.325. The van der Waals surface area contributed by atoms with E-state index in [0.717, 1.165) is 0 Å². The first-order chi connectivity index (χ1) is 15.4. The minimum absolute atomic E-state index is 0.0449. The summed E-state index contributed by atoms with van der Waals surface area (Å²) in [5.74, 6) is -1.01. The zero-order valence-electron chi connectivity index (χ0n) is 17.3. The maximum Gasteiger partial charge on any atom is 0.308 e. The van der Waals surface area contributed by atoms with Gasteiger partial charge in [0, 0.05) is 31.5 Å². The van der Waals surface area contributed by atoms with Gasteiger partial charge < -0.3 is 18.6 Å². The molecule has 0 saturated heterocycles. The molecule has 0 radical (unpaired) electrons. The molecule has 32 heavy (non-hydrogen) atoms. The van der Waals surface area contributed by atoms with E-state index in [0.29, 0.717) is 17.1 Å². The predicted octanol–water partition coefficient (Wildman–Crippen LogP) is 5.10. The van der Waals surface area contributed by atoms with E-state index in [2.05, 4.69) is 0 Å². The Labute approximate surface area is 182 Å². The molecule has 0 atom stereocenters. The summed E-state index contributed by atoms with van der Waals surface area (Å²) in [7, 11) is 0. The van der Waals surface area contributed by atoms with E-state index in [4.69, 9.17) is 18.6 Å². The van der Waals surface area contributed by atoms with Gasteiger partial charge in [0.05, 0.1) is 0 Å². The fourth-order valence-electron chi connectivity index (χ4n) is 3.16. The number of para-hydroxylation sites is 1. The molecule has 160 valence electrons. The second-order valence-electron chi connectivity index (χ2n) is 6.85. The molecule has 0 aliphatic rings.